The third-order valence-corrected chi connectivity index (χ3v) is 10.2. The SMILES string of the molecule is CC1(C)c2ccccc2-c2cccc(-n3c4ccccc4c4cc5c(cc43)c3cc4ccccc4cc3n5-c3ccccc3)c21. The van der Waals surface area contributed by atoms with E-state index in [1.54, 1.807) is 0 Å². The molecule has 2 nitrogen and oxygen atoms in total. The van der Waals surface area contributed by atoms with Crippen molar-refractivity contribution in [3.8, 4) is 22.5 Å². The van der Waals surface area contributed by atoms with E-state index in [-0.39, 0.29) is 5.41 Å². The lowest BCUT2D eigenvalue weighted by atomic mass is 9.81. The first-order valence-corrected chi connectivity index (χ1v) is 15.8. The first-order chi connectivity index (χ1) is 22.1. The van der Waals surface area contributed by atoms with Crippen molar-refractivity contribution in [3.63, 3.8) is 0 Å². The van der Waals surface area contributed by atoms with Crippen LogP contribution in [0.4, 0.5) is 0 Å². The molecule has 2 heterocycles. The van der Waals surface area contributed by atoms with Crippen molar-refractivity contribution in [2.24, 2.45) is 0 Å². The summed E-state index contributed by atoms with van der Waals surface area (Å²) in [6, 6.07) is 53.8. The Morgan fingerprint density at radius 1 is 0.422 bits per heavy atom. The van der Waals surface area contributed by atoms with Crippen molar-refractivity contribution in [2.75, 3.05) is 0 Å². The van der Waals surface area contributed by atoms with Gasteiger partial charge in [-0.05, 0) is 81.6 Å². The van der Waals surface area contributed by atoms with Crippen molar-refractivity contribution in [1.82, 2.24) is 9.13 Å². The monoisotopic (exact) mass is 574 g/mol. The van der Waals surface area contributed by atoms with Crippen LogP contribution >= 0.6 is 0 Å². The van der Waals surface area contributed by atoms with Crippen LogP contribution in [0.5, 0.6) is 0 Å². The summed E-state index contributed by atoms with van der Waals surface area (Å²) < 4.78 is 4.98. The topological polar surface area (TPSA) is 9.86 Å². The highest BCUT2D eigenvalue weighted by Crippen LogP contribution is 2.52. The fourth-order valence-electron chi connectivity index (χ4n) is 8.28. The van der Waals surface area contributed by atoms with Crippen LogP contribution in [-0.2, 0) is 5.41 Å². The first kappa shape index (κ1) is 24.8. The maximum atomic E-state index is 2.53. The molecule has 2 aromatic heterocycles. The van der Waals surface area contributed by atoms with Crippen LogP contribution in [0.1, 0.15) is 25.0 Å². The fourth-order valence-corrected chi connectivity index (χ4v) is 8.28. The van der Waals surface area contributed by atoms with Crippen LogP contribution < -0.4 is 0 Å². The van der Waals surface area contributed by atoms with Crippen LogP contribution in [0.25, 0.3) is 76.9 Å². The molecule has 0 unspecified atom stereocenters. The van der Waals surface area contributed by atoms with Gasteiger partial charge in [-0.3, -0.25) is 0 Å². The lowest BCUT2D eigenvalue weighted by Crippen LogP contribution is -2.18. The van der Waals surface area contributed by atoms with Gasteiger partial charge in [-0.15, -0.1) is 0 Å². The Hall–Kier alpha value is -5.60. The van der Waals surface area contributed by atoms with E-state index < -0.39 is 0 Å². The molecule has 10 rings (SSSR count). The predicted octanol–water partition coefficient (Wildman–Crippen LogP) is 11.3. The Morgan fingerprint density at radius 3 is 1.87 bits per heavy atom. The van der Waals surface area contributed by atoms with Gasteiger partial charge < -0.3 is 9.13 Å². The van der Waals surface area contributed by atoms with Gasteiger partial charge >= 0.3 is 0 Å². The minimum atomic E-state index is -0.118. The summed E-state index contributed by atoms with van der Waals surface area (Å²) in [6.07, 6.45) is 0. The molecule has 0 amide bonds. The van der Waals surface area contributed by atoms with Gasteiger partial charge in [0.15, 0.2) is 0 Å². The highest BCUT2D eigenvalue weighted by atomic mass is 15.0. The van der Waals surface area contributed by atoms with Gasteiger partial charge in [0.25, 0.3) is 0 Å². The summed E-state index contributed by atoms with van der Waals surface area (Å²) in [4.78, 5) is 0. The van der Waals surface area contributed by atoms with Crippen LogP contribution in [0.3, 0.4) is 0 Å². The molecule has 7 aromatic carbocycles. The van der Waals surface area contributed by atoms with Gasteiger partial charge in [-0.2, -0.15) is 0 Å². The summed E-state index contributed by atoms with van der Waals surface area (Å²) in [6.45, 7) is 4.76. The molecule has 1 aliphatic rings. The molecule has 0 N–H and O–H groups in total. The second-order valence-electron chi connectivity index (χ2n) is 13.0. The van der Waals surface area contributed by atoms with Gasteiger partial charge in [0.2, 0.25) is 0 Å². The molecule has 0 bridgehead atoms. The summed E-state index contributed by atoms with van der Waals surface area (Å²) in [5.41, 5.74) is 12.7. The molecular weight excluding hydrogens is 544 g/mol. The predicted molar refractivity (Wildman–Crippen MR) is 190 cm³/mol. The largest absolute Gasteiger partial charge is 0.309 e. The van der Waals surface area contributed by atoms with E-state index in [2.05, 4.69) is 169 Å². The molecule has 0 atom stereocenters. The molecule has 0 radical (unpaired) electrons. The quantitative estimate of drug-likeness (QED) is 0.194. The van der Waals surface area contributed by atoms with Crippen LogP contribution in [0.2, 0.25) is 0 Å². The zero-order valence-corrected chi connectivity index (χ0v) is 25.3. The third-order valence-electron chi connectivity index (χ3n) is 10.2. The van der Waals surface area contributed by atoms with E-state index in [1.807, 2.05) is 0 Å². The molecular formula is C43H30N2. The molecule has 212 valence electrons. The zero-order chi connectivity index (χ0) is 29.9. The van der Waals surface area contributed by atoms with Crippen molar-refractivity contribution < 1.29 is 0 Å². The zero-order valence-electron chi connectivity index (χ0n) is 25.3. The van der Waals surface area contributed by atoms with E-state index in [4.69, 9.17) is 0 Å². The molecule has 0 saturated heterocycles. The molecule has 45 heavy (non-hydrogen) atoms. The lowest BCUT2D eigenvalue weighted by Gasteiger charge is -2.25. The fraction of sp³-hybridized carbons (Fsp3) is 0.0698. The van der Waals surface area contributed by atoms with Gasteiger partial charge in [0.1, 0.15) is 0 Å². The van der Waals surface area contributed by atoms with Gasteiger partial charge in [0, 0.05) is 32.6 Å². The van der Waals surface area contributed by atoms with E-state index >= 15 is 0 Å². The second-order valence-corrected chi connectivity index (χ2v) is 13.0. The van der Waals surface area contributed by atoms with Crippen LogP contribution in [-0.4, -0.2) is 9.13 Å². The summed E-state index contributed by atoms with van der Waals surface area (Å²) in [5, 5.41) is 7.61. The Kier molecular flexibility index (Phi) is 4.82. The number of aromatic nitrogens is 2. The number of nitrogens with zero attached hydrogens (tertiary/aromatic N) is 2. The highest BCUT2D eigenvalue weighted by molar-refractivity contribution is 6.20. The third kappa shape index (κ3) is 3.24. The Labute approximate surface area is 261 Å². The van der Waals surface area contributed by atoms with Crippen molar-refractivity contribution in [2.45, 2.75) is 19.3 Å². The number of hydrogen-bond donors (Lipinski definition) is 0. The van der Waals surface area contributed by atoms with Crippen molar-refractivity contribution >= 4 is 54.4 Å². The first-order valence-electron chi connectivity index (χ1n) is 15.8. The number of rotatable bonds is 2. The Morgan fingerprint density at radius 2 is 1.02 bits per heavy atom. The van der Waals surface area contributed by atoms with Crippen LogP contribution in [0.15, 0.2) is 146 Å². The summed E-state index contributed by atoms with van der Waals surface area (Å²) >= 11 is 0. The molecule has 2 heteroatoms. The molecule has 0 saturated carbocycles. The average Bonchev–Trinajstić information content (AvgIpc) is 3.66. The van der Waals surface area contributed by atoms with Crippen molar-refractivity contribution in [3.05, 3.63) is 157 Å². The lowest BCUT2D eigenvalue weighted by molar-refractivity contribution is 0.656. The van der Waals surface area contributed by atoms with E-state index in [1.165, 1.54) is 88.0 Å². The second kappa shape index (κ2) is 8.74. The maximum Gasteiger partial charge on any atom is 0.0548 e. The highest BCUT2D eigenvalue weighted by Gasteiger charge is 2.38. The number of para-hydroxylation sites is 2. The Balaban J connectivity index is 1.38. The molecule has 0 aliphatic heterocycles. The molecule has 0 fully saturated rings. The van der Waals surface area contributed by atoms with E-state index in [0.717, 1.165) is 0 Å². The Bertz CT molecular complexity index is 2670. The normalized spacial score (nSPS) is 13.7. The molecule has 1 aliphatic carbocycles. The molecule has 9 aromatic rings. The maximum absolute atomic E-state index is 2.53. The smallest absolute Gasteiger partial charge is 0.0548 e. The minimum absolute atomic E-state index is 0.118. The van der Waals surface area contributed by atoms with E-state index in [0.29, 0.717) is 0 Å². The standard InChI is InChI=1S/C43H30N2/c1-43(2)36-20-10-8-17-30(36)32-19-12-22-38(42(32)43)45-37-21-11-9-18-31(37)34-25-40-35(26-41(34)45)33-23-27-13-6-7-14-28(27)24-39(33)44(40)29-15-4-3-5-16-29/h3-26H,1-2H3. The summed E-state index contributed by atoms with van der Waals surface area (Å²) in [7, 11) is 0. The van der Waals surface area contributed by atoms with Crippen molar-refractivity contribution in [1.29, 1.82) is 0 Å². The number of fused-ring (bicyclic) bond motifs is 10. The van der Waals surface area contributed by atoms with Gasteiger partial charge in [-0.25, -0.2) is 0 Å². The van der Waals surface area contributed by atoms with E-state index in [9.17, 15) is 0 Å². The van der Waals surface area contributed by atoms with Gasteiger partial charge in [0.05, 0.1) is 27.8 Å². The molecule has 0 spiro atoms. The number of hydrogen-bond acceptors (Lipinski definition) is 0. The number of benzene rings is 7. The van der Waals surface area contributed by atoms with Gasteiger partial charge in [-0.1, -0.05) is 111 Å². The minimum Gasteiger partial charge on any atom is -0.309 e. The average molecular weight is 575 g/mol. The van der Waals surface area contributed by atoms with Crippen LogP contribution in [0, 0.1) is 0 Å². The summed E-state index contributed by atoms with van der Waals surface area (Å²) in [5.74, 6) is 0.